The average Bonchev–Trinajstić information content (AvgIpc) is 2.86. The Morgan fingerprint density at radius 2 is 1.93 bits per heavy atom. The number of esters is 1. The lowest BCUT2D eigenvalue weighted by Gasteiger charge is -2.16. The summed E-state index contributed by atoms with van der Waals surface area (Å²) >= 11 is 0. The molecule has 3 rings (SSSR count). The van der Waals surface area contributed by atoms with Crippen molar-refractivity contribution in [3.63, 3.8) is 0 Å². The Bertz CT molecular complexity index is 1030. The van der Waals surface area contributed by atoms with Crippen LogP contribution in [0.1, 0.15) is 40.7 Å². The summed E-state index contributed by atoms with van der Waals surface area (Å²) in [6, 6.07) is 11.3. The summed E-state index contributed by atoms with van der Waals surface area (Å²) in [6.45, 7) is 4.08. The molecule has 1 unspecified atom stereocenters. The zero-order valence-corrected chi connectivity index (χ0v) is 17.2. The molecule has 2 aromatic rings. The maximum absolute atomic E-state index is 12.9. The van der Waals surface area contributed by atoms with Gasteiger partial charge in [-0.25, -0.2) is 13.2 Å². The van der Waals surface area contributed by atoms with E-state index < -0.39 is 22.1 Å². The van der Waals surface area contributed by atoms with Gasteiger partial charge in [0.1, 0.15) is 0 Å². The lowest BCUT2D eigenvalue weighted by Crippen LogP contribution is -2.36. The van der Waals surface area contributed by atoms with Crippen molar-refractivity contribution in [3.05, 3.63) is 59.2 Å². The predicted octanol–water partition coefficient (Wildman–Crippen LogP) is 2.93. The van der Waals surface area contributed by atoms with Gasteiger partial charge in [0.05, 0.1) is 10.5 Å². The van der Waals surface area contributed by atoms with Crippen molar-refractivity contribution >= 4 is 27.6 Å². The first-order valence-electron chi connectivity index (χ1n) is 9.45. The van der Waals surface area contributed by atoms with Crippen LogP contribution in [0.25, 0.3) is 0 Å². The van der Waals surface area contributed by atoms with Crippen LogP contribution in [0.5, 0.6) is 0 Å². The fourth-order valence-electron chi connectivity index (χ4n) is 3.16. The highest BCUT2D eigenvalue weighted by molar-refractivity contribution is 7.92. The molecule has 0 spiro atoms. The number of sulfonamides is 1. The minimum Gasteiger partial charge on any atom is -0.449 e. The smallest absolute Gasteiger partial charge is 0.338 e. The molecule has 1 heterocycles. The Hall–Kier alpha value is -2.87. The van der Waals surface area contributed by atoms with Crippen molar-refractivity contribution in [2.75, 3.05) is 11.3 Å². The second-order valence-corrected chi connectivity index (χ2v) is 8.79. The number of aryl methyl sites for hydroxylation is 2. The molecule has 0 saturated carbocycles. The molecular weight excluding hydrogens is 392 g/mol. The highest BCUT2D eigenvalue weighted by Gasteiger charge is 2.26. The molecule has 154 valence electrons. The van der Waals surface area contributed by atoms with Gasteiger partial charge < -0.3 is 10.1 Å². The molecule has 0 bridgehead atoms. The lowest BCUT2D eigenvalue weighted by molar-refractivity contribution is -0.129. The van der Waals surface area contributed by atoms with Crippen LogP contribution >= 0.6 is 0 Å². The maximum Gasteiger partial charge on any atom is 0.338 e. The van der Waals surface area contributed by atoms with Gasteiger partial charge >= 0.3 is 5.97 Å². The van der Waals surface area contributed by atoms with Gasteiger partial charge in [-0.05, 0) is 68.5 Å². The minimum atomic E-state index is -3.90. The Morgan fingerprint density at radius 3 is 2.69 bits per heavy atom. The molecule has 1 saturated heterocycles. The summed E-state index contributed by atoms with van der Waals surface area (Å²) in [6.07, 6.45) is 1.18. The number of carbonyl (C=O) groups is 2. The standard InChI is InChI=1S/C21H24N2O5S/c1-14-6-5-7-17(12-14)23-29(26,27)19-13-16(10-9-15(19)2)21(25)28-18-8-3-4-11-22-20(18)24/h5-7,9-10,12-13,18,23H,3-4,8,11H2,1-2H3,(H,22,24). The molecule has 2 N–H and O–H groups in total. The van der Waals surface area contributed by atoms with Crippen molar-refractivity contribution in [2.45, 2.75) is 44.1 Å². The fraction of sp³-hybridized carbons (Fsp3) is 0.333. The molecule has 0 aromatic heterocycles. The van der Waals surface area contributed by atoms with Gasteiger partial charge in [-0.2, -0.15) is 0 Å². The Labute approximate surface area is 170 Å². The molecule has 1 aliphatic rings. The van der Waals surface area contributed by atoms with E-state index in [4.69, 9.17) is 4.74 Å². The Kier molecular flexibility index (Phi) is 6.22. The second-order valence-electron chi connectivity index (χ2n) is 7.14. The average molecular weight is 416 g/mol. The van der Waals surface area contributed by atoms with E-state index in [0.717, 1.165) is 18.4 Å². The number of benzene rings is 2. The fourth-order valence-corrected chi connectivity index (χ4v) is 4.48. The second kappa shape index (κ2) is 8.65. The molecule has 7 nitrogen and oxygen atoms in total. The maximum atomic E-state index is 12.9. The van der Waals surface area contributed by atoms with Gasteiger partial charge in [0.15, 0.2) is 6.10 Å². The van der Waals surface area contributed by atoms with Crippen LogP contribution in [0.4, 0.5) is 5.69 Å². The topological polar surface area (TPSA) is 102 Å². The van der Waals surface area contributed by atoms with Crippen molar-refractivity contribution < 1.29 is 22.7 Å². The Balaban J connectivity index is 1.83. The number of carbonyl (C=O) groups excluding carboxylic acids is 2. The summed E-state index contributed by atoms with van der Waals surface area (Å²) in [4.78, 5) is 24.5. The van der Waals surface area contributed by atoms with E-state index in [0.29, 0.717) is 24.2 Å². The molecule has 0 aliphatic carbocycles. The zero-order chi connectivity index (χ0) is 21.0. The molecule has 1 amide bonds. The molecule has 2 aromatic carbocycles. The summed E-state index contributed by atoms with van der Waals surface area (Å²) in [5.74, 6) is -1.05. The number of amides is 1. The third kappa shape index (κ3) is 5.14. The minimum absolute atomic E-state index is 0.0150. The summed E-state index contributed by atoms with van der Waals surface area (Å²) in [5.41, 5.74) is 1.93. The van der Waals surface area contributed by atoms with Crippen LogP contribution in [-0.2, 0) is 19.6 Å². The number of hydrogen-bond acceptors (Lipinski definition) is 5. The third-order valence-electron chi connectivity index (χ3n) is 4.72. The van der Waals surface area contributed by atoms with Crippen LogP contribution < -0.4 is 10.0 Å². The third-order valence-corrected chi connectivity index (χ3v) is 6.24. The Morgan fingerprint density at radius 1 is 1.14 bits per heavy atom. The van der Waals surface area contributed by atoms with Gasteiger partial charge in [0, 0.05) is 12.2 Å². The predicted molar refractivity (Wildman–Crippen MR) is 109 cm³/mol. The van der Waals surface area contributed by atoms with Crippen molar-refractivity contribution in [2.24, 2.45) is 0 Å². The van der Waals surface area contributed by atoms with Crippen molar-refractivity contribution in [3.8, 4) is 0 Å². The normalized spacial score (nSPS) is 17.2. The first-order chi connectivity index (χ1) is 13.8. The van der Waals surface area contributed by atoms with Crippen LogP contribution in [0, 0.1) is 13.8 Å². The molecule has 1 atom stereocenters. The van der Waals surface area contributed by atoms with Gasteiger partial charge in [-0.15, -0.1) is 0 Å². The van der Waals surface area contributed by atoms with Gasteiger partial charge in [0.25, 0.3) is 15.9 Å². The van der Waals surface area contributed by atoms with Crippen molar-refractivity contribution in [1.82, 2.24) is 5.32 Å². The quantitative estimate of drug-likeness (QED) is 0.730. The SMILES string of the molecule is Cc1cccc(NS(=O)(=O)c2cc(C(=O)OC3CCCCNC3=O)ccc2C)c1. The van der Waals surface area contributed by atoms with E-state index in [-0.39, 0.29) is 16.4 Å². The number of nitrogens with one attached hydrogen (secondary N) is 2. The van der Waals surface area contributed by atoms with Gasteiger partial charge in [0.2, 0.25) is 0 Å². The first-order valence-corrected chi connectivity index (χ1v) is 10.9. The summed E-state index contributed by atoms with van der Waals surface area (Å²) < 4.78 is 33.6. The first kappa shape index (κ1) is 20.9. The van der Waals surface area contributed by atoms with Gasteiger partial charge in [-0.3, -0.25) is 9.52 Å². The molecule has 8 heteroatoms. The number of hydrogen-bond donors (Lipinski definition) is 2. The van der Waals surface area contributed by atoms with E-state index in [1.54, 1.807) is 31.2 Å². The van der Waals surface area contributed by atoms with Gasteiger partial charge in [-0.1, -0.05) is 18.2 Å². The molecule has 1 aliphatic heterocycles. The van der Waals surface area contributed by atoms with Crippen LogP contribution in [0.15, 0.2) is 47.4 Å². The summed E-state index contributed by atoms with van der Waals surface area (Å²) in [7, 11) is -3.90. The van der Waals surface area contributed by atoms with E-state index in [1.165, 1.54) is 12.1 Å². The van der Waals surface area contributed by atoms with E-state index in [9.17, 15) is 18.0 Å². The molecule has 0 radical (unpaired) electrons. The van der Waals surface area contributed by atoms with Crippen molar-refractivity contribution in [1.29, 1.82) is 0 Å². The van der Waals surface area contributed by atoms with E-state index >= 15 is 0 Å². The monoisotopic (exact) mass is 416 g/mol. The number of ether oxygens (including phenoxy) is 1. The largest absolute Gasteiger partial charge is 0.449 e. The molecule has 29 heavy (non-hydrogen) atoms. The highest BCUT2D eigenvalue weighted by Crippen LogP contribution is 2.22. The number of anilines is 1. The lowest BCUT2D eigenvalue weighted by atomic mass is 10.1. The van der Waals surface area contributed by atoms with Crippen LogP contribution in [-0.4, -0.2) is 32.9 Å². The van der Waals surface area contributed by atoms with E-state index in [1.807, 2.05) is 13.0 Å². The van der Waals surface area contributed by atoms with Crippen LogP contribution in [0.2, 0.25) is 0 Å². The van der Waals surface area contributed by atoms with E-state index in [2.05, 4.69) is 10.0 Å². The molecular formula is C21H24N2O5S. The number of rotatable bonds is 5. The molecule has 1 fully saturated rings. The highest BCUT2D eigenvalue weighted by atomic mass is 32.2. The van der Waals surface area contributed by atoms with Crippen LogP contribution in [0.3, 0.4) is 0 Å². The zero-order valence-electron chi connectivity index (χ0n) is 16.4. The summed E-state index contributed by atoms with van der Waals surface area (Å²) in [5, 5.41) is 2.71.